The Balaban J connectivity index is 1.89. The van der Waals surface area contributed by atoms with E-state index in [9.17, 15) is 4.79 Å². The predicted octanol–water partition coefficient (Wildman–Crippen LogP) is 1.76. The van der Waals surface area contributed by atoms with Crippen molar-refractivity contribution in [3.63, 3.8) is 0 Å². The first-order chi connectivity index (χ1) is 9.76. The maximum absolute atomic E-state index is 11.8. The molecule has 4 nitrogen and oxygen atoms in total. The second-order valence-electron chi connectivity index (χ2n) is 5.36. The van der Waals surface area contributed by atoms with Gasteiger partial charge in [0.15, 0.2) is 0 Å². The van der Waals surface area contributed by atoms with Crippen molar-refractivity contribution in [3.05, 3.63) is 63.3 Å². The van der Waals surface area contributed by atoms with E-state index in [0.717, 1.165) is 30.8 Å². The molecule has 2 N–H and O–H groups in total. The zero-order valence-corrected chi connectivity index (χ0v) is 11.6. The minimum absolute atomic E-state index is 0.0564. The fourth-order valence-corrected chi connectivity index (χ4v) is 2.92. The first kappa shape index (κ1) is 13.1. The van der Waals surface area contributed by atoms with E-state index in [0.29, 0.717) is 12.5 Å². The number of nitrogens with one attached hydrogen (secondary N) is 2. The summed E-state index contributed by atoms with van der Waals surface area (Å²) in [6, 6.07) is 10.1. The third-order valence-corrected chi connectivity index (χ3v) is 3.90. The van der Waals surface area contributed by atoms with Crippen LogP contribution in [0.5, 0.6) is 0 Å². The van der Waals surface area contributed by atoms with Crippen LogP contribution in [-0.4, -0.2) is 17.0 Å². The molecule has 0 aliphatic heterocycles. The van der Waals surface area contributed by atoms with Crippen LogP contribution in [0.3, 0.4) is 0 Å². The summed E-state index contributed by atoms with van der Waals surface area (Å²) in [6.07, 6.45) is 3.06. The summed E-state index contributed by atoms with van der Waals surface area (Å²) >= 11 is 0. The van der Waals surface area contributed by atoms with Gasteiger partial charge in [-0.3, -0.25) is 4.79 Å². The number of rotatable bonds is 3. The maximum atomic E-state index is 11.8. The molecule has 1 aliphatic carbocycles. The highest BCUT2D eigenvalue weighted by molar-refractivity contribution is 5.31. The number of benzene rings is 1. The molecule has 2 aromatic rings. The van der Waals surface area contributed by atoms with E-state index in [-0.39, 0.29) is 5.56 Å². The van der Waals surface area contributed by atoms with Crippen molar-refractivity contribution in [2.75, 3.05) is 7.05 Å². The van der Waals surface area contributed by atoms with E-state index in [4.69, 9.17) is 0 Å². The Morgan fingerprint density at radius 3 is 2.95 bits per heavy atom. The Morgan fingerprint density at radius 1 is 1.35 bits per heavy atom. The van der Waals surface area contributed by atoms with Gasteiger partial charge in [0.1, 0.15) is 5.82 Å². The molecular formula is C16H19N3O. The number of aryl methyl sites for hydroxylation is 1. The van der Waals surface area contributed by atoms with Crippen LogP contribution in [0, 0.1) is 0 Å². The third-order valence-electron chi connectivity index (χ3n) is 3.90. The molecule has 4 heteroatoms. The molecule has 0 amide bonds. The summed E-state index contributed by atoms with van der Waals surface area (Å²) in [6.45, 7) is 0.625. The van der Waals surface area contributed by atoms with Crippen LogP contribution < -0.4 is 10.9 Å². The number of nitrogens with zero attached hydrogens (tertiary/aromatic N) is 1. The largest absolute Gasteiger partial charge is 0.314 e. The average molecular weight is 269 g/mol. The van der Waals surface area contributed by atoms with Gasteiger partial charge < -0.3 is 10.3 Å². The highest BCUT2D eigenvalue weighted by Crippen LogP contribution is 2.30. The van der Waals surface area contributed by atoms with Crippen LogP contribution >= 0.6 is 0 Å². The van der Waals surface area contributed by atoms with E-state index in [1.807, 2.05) is 7.05 Å². The lowest BCUT2D eigenvalue weighted by molar-refractivity contribution is 0.548. The molecule has 0 fully saturated rings. The van der Waals surface area contributed by atoms with Gasteiger partial charge in [-0.1, -0.05) is 24.3 Å². The molecule has 1 unspecified atom stereocenters. The maximum Gasteiger partial charge on any atom is 0.251 e. The quantitative estimate of drug-likeness (QED) is 0.892. The molecule has 0 bridgehead atoms. The van der Waals surface area contributed by atoms with Crippen molar-refractivity contribution in [1.82, 2.24) is 15.3 Å². The molecule has 0 spiro atoms. The number of H-pyrrole nitrogens is 1. The Labute approximate surface area is 118 Å². The number of fused-ring (bicyclic) bond motifs is 1. The van der Waals surface area contributed by atoms with Gasteiger partial charge in [-0.2, -0.15) is 0 Å². The van der Waals surface area contributed by atoms with Crippen molar-refractivity contribution < 1.29 is 0 Å². The molecule has 1 aromatic carbocycles. The standard InChI is InChI=1S/C16H19N3O/c1-17-10-14-9-15(20)19-16(18-14)13-7-6-11-4-2-3-5-12(11)8-13/h2-5,9,13,17H,6-8,10H2,1H3,(H,18,19,20). The lowest BCUT2D eigenvalue weighted by Crippen LogP contribution is -2.21. The molecule has 0 saturated heterocycles. The summed E-state index contributed by atoms with van der Waals surface area (Å²) in [7, 11) is 1.86. The third kappa shape index (κ3) is 2.65. The van der Waals surface area contributed by atoms with Crippen LogP contribution in [0.2, 0.25) is 0 Å². The molecule has 20 heavy (non-hydrogen) atoms. The van der Waals surface area contributed by atoms with Gasteiger partial charge in [-0.15, -0.1) is 0 Å². The van der Waals surface area contributed by atoms with E-state index >= 15 is 0 Å². The Bertz CT molecular complexity index is 663. The minimum atomic E-state index is -0.0564. The molecular weight excluding hydrogens is 250 g/mol. The minimum Gasteiger partial charge on any atom is -0.314 e. The Kier molecular flexibility index (Phi) is 3.65. The van der Waals surface area contributed by atoms with Crippen molar-refractivity contribution in [2.24, 2.45) is 0 Å². The molecule has 0 radical (unpaired) electrons. The summed E-state index contributed by atoms with van der Waals surface area (Å²) in [5.74, 6) is 1.15. The number of aromatic amines is 1. The normalized spacial score (nSPS) is 17.8. The summed E-state index contributed by atoms with van der Waals surface area (Å²) < 4.78 is 0. The van der Waals surface area contributed by atoms with Crippen molar-refractivity contribution in [1.29, 1.82) is 0 Å². The lowest BCUT2D eigenvalue weighted by Gasteiger charge is -2.24. The van der Waals surface area contributed by atoms with Crippen LogP contribution in [0.4, 0.5) is 0 Å². The predicted molar refractivity (Wildman–Crippen MR) is 78.8 cm³/mol. The smallest absolute Gasteiger partial charge is 0.251 e. The van der Waals surface area contributed by atoms with Crippen molar-refractivity contribution in [3.8, 4) is 0 Å². The van der Waals surface area contributed by atoms with Gasteiger partial charge in [0.2, 0.25) is 0 Å². The fraction of sp³-hybridized carbons (Fsp3) is 0.375. The van der Waals surface area contributed by atoms with Gasteiger partial charge in [0, 0.05) is 18.5 Å². The van der Waals surface area contributed by atoms with Gasteiger partial charge in [-0.25, -0.2) is 4.98 Å². The van der Waals surface area contributed by atoms with Crippen LogP contribution in [0.25, 0.3) is 0 Å². The van der Waals surface area contributed by atoms with E-state index in [1.54, 1.807) is 6.07 Å². The molecule has 104 valence electrons. The first-order valence-electron chi connectivity index (χ1n) is 7.08. The SMILES string of the molecule is CNCc1cc(=O)[nH]c(C2CCc3ccccc3C2)n1. The summed E-state index contributed by atoms with van der Waals surface area (Å²) in [5, 5.41) is 3.04. The van der Waals surface area contributed by atoms with E-state index in [2.05, 4.69) is 39.6 Å². The van der Waals surface area contributed by atoms with Crippen molar-refractivity contribution in [2.45, 2.75) is 31.7 Å². The zero-order valence-electron chi connectivity index (χ0n) is 11.6. The fourth-order valence-electron chi connectivity index (χ4n) is 2.92. The van der Waals surface area contributed by atoms with Gasteiger partial charge >= 0.3 is 0 Å². The first-order valence-corrected chi connectivity index (χ1v) is 7.08. The monoisotopic (exact) mass is 269 g/mol. The second-order valence-corrected chi connectivity index (χ2v) is 5.36. The van der Waals surface area contributed by atoms with Crippen molar-refractivity contribution >= 4 is 0 Å². The Hall–Kier alpha value is -1.94. The van der Waals surface area contributed by atoms with E-state index in [1.165, 1.54) is 11.1 Å². The molecule has 3 rings (SSSR count). The van der Waals surface area contributed by atoms with E-state index < -0.39 is 0 Å². The molecule has 1 atom stereocenters. The van der Waals surface area contributed by atoms with Gasteiger partial charge in [0.05, 0.1) is 5.69 Å². The average Bonchev–Trinajstić information content (AvgIpc) is 2.46. The number of aromatic nitrogens is 2. The Morgan fingerprint density at radius 2 is 2.15 bits per heavy atom. The highest BCUT2D eigenvalue weighted by atomic mass is 16.1. The zero-order chi connectivity index (χ0) is 13.9. The molecule has 1 aliphatic rings. The number of hydrogen-bond acceptors (Lipinski definition) is 3. The topological polar surface area (TPSA) is 57.8 Å². The highest BCUT2D eigenvalue weighted by Gasteiger charge is 2.21. The van der Waals surface area contributed by atoms with Crippen LogP contribution in [0.15, 0.2) is 35.1 Å². The summed E-state index contributed by atoms with van der Waals surface area (Å²) in [4.78, 5) is 19.3. The van der Waals surface area contributed by atoms with Gasteiger partial charge in [0.25, 0.3) is 5.56 Å². The van der Waals surface area contributed by atoms with Gasteiger partial charge in [-0.05, 0) is 37.4 Å². The van der Waals surface area contributed by atoms with Crippen LogP contribution in [-0.2, 0) is 19.4 Å². The molecule has 1 heterocycles. The summed E-state index contributed by atoms with van der Waals surface area (Å²) in [5.41, 5.74) is 3.56. The lowest BCUT2D eigenvalue weighted by atomic mass is 9.83. The second kappa shape index (κ2) is 5.59. The van der Waals surface area contributed by atoms with Crippen LogP contribution in [0.1, 0.15) is 35.0 Å². The number of hydrogen-bond donors (Lipinski definition) is 2. The molecule has 1 aromatic heterocycles. The molecule has 0 saturated carbocycles.